The number of benzene rings is 2. The first-order valence-electron chi connectivity index (χ1n) is 7.18. The monoisotopic (exact) mass is 326 g/mol. The Morgan fingerprint density at radius 1 is 1.17 bits per heavy atom. The second kappa shape index (κ2) is 5.70. The quantitative estimate of drug-likeness (QED) is 0.509. The van der Waals surface area contributed by atoms with E-state index in [0.29, 0.717) is 10.9 Å². The van der Waals surface area contributed by atoms with Gasteiger partial charge in [-0.2, -0.15) is 0 Å². The predicted molar refractivity (Wildman–Crippen MR) is 79.7 cm³/mol. The third-order valence-corrected chi connectivity index (χ3v) is 3.66. The van der Waals surface area contributed by atoms with Gasteiger partial charge >= 0.3 is 5.97 Å². The number of halogens is 1. The molecule has 0 bridgehead atoms. The second-order valence-electron chi connectivity index (χ2n) is 5.10. The van der Waals surface area contributed by atoms with E-state index in [1.807, 2.05) is 13.8 Å². The Hall–Kier alpha value is -1.77. The first kappa shape index (κ1) is 17.6. The van der Waals surface area contributed by atoms with Crippen LogP contribution in [0.25, 0.3) is 10.8 Å². The van der Waals surface area contributed by atoms with E-state index in [1.54, 1.807) is 0 Å². The van der Waals surface area contributed by atoms with E-state index in [2.05, 4.69) is 0 Å². The van der Waals surface area contributed by atoms with Gasteiger partial charge in [0.1, 0.15) is 11.6 Å². The Morgan fingerprint density at radius 3 is 2.35 bits per heavy atom. The van der Waals surface area contributed by atoms with Gasteiger partial charge in [0.25, 0.3) is 5.79 Å². The van der Waals surface area contributed by atoms with Crippen molar-refractivity contribution in [2.75, 3.05) is 0 Å². The van der Waals surface area contributed by atoms with Crippen molar-refractivity contribution in [1.29, 1.82) is 0 Å². The van der Waals surface area contributed by atoms with E-state index in [4.69, 9.17) is 4.74 Å². The summed E-state index contributed by atoms with van der Waals surface area (Å²) in [4.78, 5) is 0. The van der Waals surface area contributed by atoms with Crippen LogP contribution in [0.15, 0.2) is 24.3 Å². The lowest BCUT2D eigenvalue weighted by molar-refractivity contribution is -0.472. The Balaban J connectivity index is 0.000000924. The molecule has 2 atom stereocenters. The van der Waals surface area contributed by atoms with E-state index in [1.165, 1.54) is 25.1 Å². The van der Waals surface area contributed by atoms with Crippen molar-refractivity contribution >= 4 is 10.8 Å². The molecule has 0 saturated heterocycles. The van der Waals surface area contributed by atoms with Crippen molar-refractivity contribution in [2.24, 2.45) is 0 Å². The third-order valence-electron chi connectivity index (χ3n) is 3.66. The molecule has 2 aromatic carbocycles. The van der Waals surface area contributed by atoms with Gasteiger partial charge in [0.15, 0.2) is 0 Å². The molecule has 6 nitrogen and oxygen atoms in total. The molecular weight excluding hydrogens is 307 g/mol. The van der Waals surface area contributed by atoms with Gasteiger partial charge in [-0.05, 0) is 41.5 Å². The van der Waals surface area contributed by atoms with Crippen molar-refractivity contribution in [2.45, 2.75) is 38.6 Å². The Labute approximate surface area is 132 Å². The molecule has 7 heteroatoms. The van der Waals surface area contributed by atoms with Gasteiger partial charge < -0.3 is 30.3 Å². The topological polar surface area (TPSA) is 110 Å². The fraction of sp³-hybridized carbons (Fsp3) is 0.375. The van der Waals surface area contributed by atoms with Crippen LogP contribution in [0.5, 0.6) is 5.75 Å². The molecule has 3 rings (SSSR count). The van der Waals surface area contributed by atoms with Gasteiger partial charge in [0.05, 0.1) is 11.7 Å². The van der Waals surface area contributed by atoms with Crippen LogP contribution in [-0.4, -0.2) is 31.5 Å². The zero-order valence-corrected chi connectivity index (χ0v) is 12.9. The summed E-state index contributed by atoms with van der Waals surface area (Å²) in [5, 5.41) is 48.7. The number of hydrogen-bond donors (Lipinski definition) is 5. The second-order valence-corrected chi connectivity index (χ2v) is 5.10. The summed E-state index contributed by atoms with van der Waals surface area (Å²) in [6, 6.07) is 4.98. The molecule has 0 aromatic heterocycles. The van der Waals surface area contributed by atoms with Crippen molar-refractivity contribution in [3.63, 3.8) is 0 Å². The van der Waals surface area contributed by atoms with Gasteiger partial charge in [0.2, 0.25) is 0 Å². The molecular formula is C16H19FO6. The van der Waals surface area contributed by atoms with Gasteiger partial charge in [-0.3, -0.25) is 0 Å². The number of phenols is 1. The Kier molecular flexibility index (Phi) is 4.36. The molecule has 0 amide bonds. The molecule has 0 fully saturated rings. The highest BCUT2D eigenvalue weighted by Crippen LogP contribution is 2.48. The van der Waals surface area contributed by atoms with Crippen LogP contribution in [-0.2, 0) is 10.5 Å². The number of aliphatic hydroxyl groups is 4. The van der Waals surface area contributed by atoms with E-state index in [-0.39, 0.29) is 11.1 Å². The van der Waals surface area contributed by atoms with Crippen LogP contribution in [0.3, 0.4) is 0 Å². The summed E-state index contributed by atoms with van der Waals surface area (Å²) in [5.41, 5.74) is -0.242. The molecule has 1 aliphatic rings. The van der Waals surface area contributed by atoms with Gasteiger partial charge in [-0.1, -0.05) is 19.9 Å². The molecule has 23 heavy (non-hydrogen) atoms. The zero-order chi connectivity index (χ0) is 17.6. The van der Waals surface area contributed by atoms with Crippen LogP contribution in [0.1, 0.15) is 38.0 Å². The number of phenolic OH excluding ortho intramolecular Hbond substituents is 1. The highest BCUT2D eigenvalue weighted by Gasteiger charge is 2.56. The van der Waals surface area contributed by atoms with Crippen LogP contribution < -0.4 is 0 Å². The van der Waals surface area contributed by atoms with E-state index < -0.39 is 29.2 Å². The summed E-state index contributed by atoms with van der Waals surface area (Å²) in [7, 11) is 0. The Bertz CT molecular complexity index is 739. The summed E-state index contributed by atoms with van der Waals surface area (Å²) < 4.78 is 19.2. The summed E-state index contributed by atoms with van der Waals surface area (Å²) in [6.07, 6.45) is -0.926. The third kappa shape index (κ3) is 2.56. The first-order valence-corrected chi connectivity index (χ1v) is 7.18. The van der Waals surface area contributed by atoms with Crippen LogP contribution >= 0.6 is 0 Å². The standard InChI is InChI=1S/C14H13FO6.C2H6/c1-6-9-5-8(16)4-7-2-3-10(15)12(11(7)9)13(17,21-6)14(18,19)20;1-2/h2-6,16-20H,1H3;1-2H3. The van der Waals surface area contributed by atoms with Crippen molar-refractivity contribution in [3.8, 4) is 5.75 Å². The van der Waals surface area contributed by atoms with Crippen molar-refractivity contribution < 1.29 is 34.7 Å². The summed E-state index contributed by atoms with van der Waals surface area (Å²) >= 11 is 0. The molecule has 5 N–H and O–H groups in total. The SMILES string of the molecule is CC.CC1OC(O)(C(O)(O)O)c2c(F)ccc3cc(O)cc1c23. The first-order chi connectivity index (χ1) is 10.6. The maximum absolute atomic E-state index is 14.2. The van der Waals surface area contributed by atoms with Gasteiger partial charge in [-0.15, -0.1) is 0 Å². The highest BCUT2D eigenvalue weighted by molar-refractivity contribution is 5.92. The summed E-state index contributed by atoms with van der Waals surface area (Å²) in [6.45, 7) is 5.46. The lowest BCUT2D eigenvalue weighted by Gasteiger charge is -2.41. The maximum Gasteiger partial charge on any atom is 0.338 e. The molecule has 1 aliphatic heterocycles. The van der Waals surface area contributed by atoms with Gasteiger partial charge in [0, 0.05) is 0 Å². The normalized spacial score (nSPS) is 23.4. The molecule has 2 aromatic rings. The van der Waals surface area contributed by atoms with Gasteiger partial charge in [-0.25, -0.2) is 4.39 Å². The molecule has 0 saturated carbocycles. The molecule has 1 heterocycles. The lowest BCUT2D eigenvalue weighted by atomic mass is 9.87. The minimum absolute atomic E-state index is 0.0841. The molecule has 2 unspecified atom stereocenters. The molecule has 0 radical (unpaired) electrons. The van der Waals surface area contributed by atoms with Crippen LogP contribution in [0, 0.1) is 5.82 Å². The fourth-order valence-corrected chi connectivity index (χ4v) is 2.73. The zero-order valence-electron chi connectivity index (χ0n) is 12.9. The lowest BCUT2D eigenvalue weighted by Crippen LogP contribution is -2.55. The van der Waals surface area contributed by atoms with Crippen molar-refractivity contribution in [3.05, 3.63) is 41.2 Å². The maximum atomic E-state index is 14.2. The number of ether oxygens (including phenoxy) is 1. The molecule has 0 aliphatic carbocycles. The van der Waals surface area contributed by atoms with Crippen LogP contribution in [0.2, 0.25) is 0 Å². The van der Waals surface area contributed by atoms with E-state index >= 15 is 0 Å². The summed E-state index contributed by atoms with van der Waals surface area (Å²) in [5.74, 6) is -7.82. The Morgan fingerprint density at radius 2 is 1.78 bits per heavy atom. The smallest absolute Gasteiger partial charge is 0.338 e. The molecule has 126 valence electrons. The fourth-order valence-electron chi connectivity index (χ4n) is 2.73. The largest absolute Gasteiger partial charge is 0.508 e. The minimum Gasteiger partial charge on any atom is -0.508 e. The average molecular weight is 326 g/mol. The average Bonchev–Trinajstić information content (AvgIpc) is 2.46. The number of hydrogen-bond acceptors (Lipinski definition) is 6. The minimum atomic E-state index is -3.70. The number of aromatic hydroxyl groups is 1. The van der Waals surface area contributed by atoms with E-state index in [0.717, 1.165) is 6.07 Å². The van der Waals surface area contributed by atoms with Crippen molar-refractivity contribution in [1.82, 2.24) is 0 Å². The highest BCUT2D eigenvalue weighted by atomic mass is 19.1. The van der Waals surface area contributed by atoms with Crippen LogP contribution in [0.4, 0.5) is 4.39 Å². The molecule has 0 spiro atoms. The van der Waals surface area contributed by atoms with E-state index in [9.17, 15) is 29.9 Å². The number of rotatable bonds is 1. The predicted octanol–water partition coefficient (Wildman–Crippen LogP) is 1.58.